The SMILES string of the molecule is CC(C)(C)CCOc1cn(-c2cccnc2)nc1C(=O)O. The monoisotopic (exact) mass is 289 g/mol. The number of carbonyl (C=O) groups is 1. The first-order valence-electron chi connectivity index (χ1n) is 6.73. The number of rotatable bonds is 5. The topological polar surface area (TPSA) is 77.2 Å². The van der Waals surface area contributed by atoms with E-state index in [1.807, 2.05) is 0 Å². The molecule has 0 aliphatic carbocycles. The molecule has 2 rings (SSSR count). The van der Waals surface area contributed by atoms with Gasteiger partial charge in [0.05, 0.1) is 24.7 Å². The molecule has 0 unspecified atom stereocenters. The van der Waals surface area contributed by atoms with E-state index in [9.17, 15) is 9.90 Å². The van der Waals surface area contributed by atoms with E-state index < -0.39 is 5.97 Å². The molecule has 0 aliphatic heterocycles. The van der Waals surface area contributed by atoms with Crippen LogP contribution in [0.3, 0.4) is 0 Å². The van der Waals surface area contributed by atoms with Crippen molar-refractivity contribution in [1.82, 2.24) is 14.8 Å². The third-order valence-corrected chi connectivity index (χ3v) is 2.90. The molecule has 0 radical (unpaired) electrons. The van der Waals surface area contributed by atoms with E-state index in [1.165, 1.54) is 4.68 Å². The molecule has 21 heavy (non-hydrogen) atoms. The highest BCUT2D eigenvalue weighted by Crippen LogP contribution is 2.23. The maximum Gasteiger partial charge on any atom is 0.360 e. The first-order valence-corrected chi connectivity index (χ1v) is 6.73. The van der Waals surface area contributed by atoms with Crippen molar-refractivity contribution in [2.45, 2.75) is 27.2 Å². The largest absolute Gasteiger partial charge is 0.489 e. The summed E-state index contributed by atoms with van der Waals surface area (Å²) in [4.78, 5) is 15.2. The number of carboxylic acid groups (broad SMARTS) is 1. The summed E-state index contributed by atoms with van der Waals surface area (Å²) in [5, 5.41) is 13.3. The van der Waals surface area contributed by atoms with Gasteiger partial charge < -0.3 is 9.84 Å². The molecule has 6 heteroatoms. The van der Waals surface area contributed by atoms with Crippen LogP contribution in [-0.4, -0.2) is 32.4 Å². The van der Waals surface area contributed by atoms with Crippen LogP contribution in [0.15, 0.2) is 30.7 Å². The number of carboxylic acids is 1. The van der Waals surface area contributed by atoms with Gasteiger partial charge in [-0.1, -0.05) is 20.8 Å². The van der Waals surface area contributed by atoms with E-state index in [2.05, 4.69) is 30.9 Å². The molecule has 2 aromatic heterocycles. The van der Waals surface area contributed by atoms with Crippen molar-refractivity contribution in [2.24, 2.45) is 5.41 Å². The van der Waals surface area contributed by atoms with Gasteiger partial charge in [-0.3, -0.25) is 4.98 Å². The highest BCUT2D eigenvalue weighted by Gasteiger charge is 2.19. The predicted octanol–water partition coefficient (Wildman–Crippen LogP) is 2.78. The molecular weight excluding hydrogens is 270 g/mol. The van der Waals surface area contributed by atoms with Crippen molar-refractivity contribution in [1.29, 1.82) is 0 Å². The summed E-state index contributed by atoms with van der Waals surface area (Å²) in [6, 6.07) is 3.56. The third-order valence-electron chi connectivity index (χ3n) is 2.90. The van der Waals surface area contributed by atoms with Gasteiger partial charge >= 0.3 is 5.97 Å². The Balaban J connectivity index is 2.20. The summed E-state index contributed by atoms with van der Waals surface area (Å²) in [6.07, 6.45) is 5.65. The summed E-state index contributed by atoms with van der Waals surface area (Å²) in [5.74, 6) is -0.834. The molecule has 0 saturated carbocycles. The van der Waals surface area contributed by atoms with Crippen molar-refractivity contribution >= 4 is 5.97 Å². The van der Waals surface area contributed by atoms with Crippen molar-refractivity contribution in [3.05, 3.63) is 36.4 Å². The van der Waals surface area contributed by atoms with Crippen LogP contribution in [-0.2, 0) is 0 Å². The Morgan fingerprint density at radius 1 is 1.43 bits per heavy atom. The first-order chi connectivity index (χ1) is 9.87. The highest BCUT2D eigenvalue weighted by atomic mass is 16.5. The molecule has 0 amide bonds. The Labute approximate surface area is 123 Å². The van der Waals surface area contributed by atoms with E-state index >= 15 is 0 Å². The quantitative estimate of drug-likeness (QED) is 0.915. The number of hydrogen-bond acceptors (Lipinski definition) is 4. The molecular formula is C15H19N3O3. The normalized spacial score (nSPS) is 11.4. The Kier molecular flexibility index (Phi) is 4.26. The average Bonchev–Trinajstić information content (AvgIpc) is 2.83. The molecule has 0 bridgehead atoms. The molecule has 0 saturated heterocycles. The summed E-state index contributed by atoms with van der Waals surface area (Å²) in [7, 11) is 0. The molecule has 0 spiro atoms. The number of ether oxygens (including phenoxy) is 1. The Morgan fingerprint density at radius 3 is 2.76 bits per heavy atom. The number of aromatic nitrogens is 3. The fourth-order valence-electron chi connectivity index (χ4n) is 1.70. The second-order valence-electron chi connectivity index (χ2n) is 5.96. The number of aromatic carboxylic acids is 1. The molecule has 0 aromatic carbocycles. The summed E-state index contributed by atoms with van der Waals surface area (Å²) < 4.78 is 7.05. The number of nitrogens with zero attached hydrogens (tertiary/aromatic N) is 3. The fraction of sp³-hybridized carbons (Fsp3) is 0.400. The zero-order valence-electron chi connectivity index (χ0n) is 12.4. The van der Waals surface area contributed by atoms with E-state index in [4.69, 9.17) is 4.74 Å². The van der Waals surface area contributed by atoms with Crippen molar-refractivity contribution in [2.75, 3.05) is 6.61 Å². The number of hydrogen-bond donors (Lipinski definition) is 1. The van der Waals surface area contributed by atoms with Crippen molar-refractivity contribution in [3.63, 3.8) is 0 Å². The molecule has 2 aromatic rings. The Hall–Kier alpha value is -2.37. The van der Waals surface area contributed by atoms with Gasteiger partial charge in [-0.2, -0.15) is 5.10 Å². The lowest BCUT2D eigenvalue weighted by molar-refractivity contribution is 0.0685. The van der Waals surface area contributed by atoms with Crippen LogP contribution in [0, 0.1) is 5.41 Å². The van der Waals surface area contributed by atoms with Gasteiger partial charge in [0.1, 0.15) is 0 Å². The third kappa shape index (κ3) is 4.05. The van der Waals surface area contributed by atoms with Gasteiger partial charge in [0, 0.05) is 6.20 Å². The zero-order chi connectivity index (χ0) is 15.5. The average molecular weight is 289 g/mol. The molecule has 112 valence electrons. The van der Waals surface area contributed by atoms with E-state index in [0.29, 0.717) is 12.3 Å². The summed E-state index contributed by atoms with van der Waals surface area (Å²) >= 11 is 0. The van der Waals surface area contributed by atoms with Crippen LogP contribution in [0.2, 0.25) is 0 Å². The van der Waals surface area contributed by atoms with Gasteiger partial charge in [0.2, 0.25) is 5.69 Å². The smallest absolute Gasteiger partial charge is 0.360 e. The Morgan fingerprint density at radius 2 is 2.19 bits per heavy atom. The lowest BCUT2D eigenvalue weighted by Gasteiger charge is -2.17. The van der Waals surface area contributed by atoms with Crippen LogP contribution < -0.4 is 4.74 Å². The van der Waals surface area contributed by atoms with Crippen LogP contribution in [0.25, 0.3) is 5.69 Å². The van der Waals surface area contributed by atoms with Gasteiger partial charge in [-0.05, 0) is 24.0 Å². The molecule has 2 heterocycles. The maximum atomic E-state index is 11.3. The van der Waals surface area contributed by atoms with Crippen LogP contribution in [0.5, 0.6) is 5.75 Å². The lowest BCUT2D eigenvalue weighted by atomic mass is 9.93. The highest BCUT2D eigenvalue weighted by molar-refractivity contribution is 5.88. The van der Waals surface area contributed by atoms with Gasteiger partial charge in [0.25, 0.3) is 0 Å². The molecule has 0 aliphatic rings. The lowest BCUT2D eigenvalue weighted by Crippen LogP contribution is -2.12. The molecule has 1 N–H and O–H groups in total. The van der Waals surface area contributed by atoms with Crippen molar-refractivity contribution < 1.29 is 14.6 Å². The number of pyridine rings is 1. The predicted molar refractivity (Wildman–Crippen MR) is 77.9 cm³/mol. The molecule has 0 fully saturated rings. The van der Waals surface area contributed by atoms with E-state index in [-0.39, 0.29) is 16.9 Å². The first kappa shape index (κ1) is 15.0. The van der Waals surface area contributed by atoms with E-state index in [0.717, 1.165) is 6.42 Å². The summed E-state index contributed by atoms with van der Waals surface area (Å²) in [6.45, 7) is 6.76. The summed E-state index contributed by atoms with van der Waals surface area (Å²) in [5.41, 5.74) is 0.723. The van der Waals surface area contributed by atoms with Gasteiger partial charge in [-0.15, -0.1) is 0 Å². The second kappa shape index (κ2) is 5.95. The standard InChI is InChI=1S/C15H19N3O3/c1-15(2,3)6-8-21-12-10-18(17-13(12)14(19)20)11-5-4-7-16-9-11/h4-5,7,9-10H,6,8H2,1-3H3,(H,19,20). The van der Waals surface area contributed by atoms with Gasteiger partial charge in [-0.25, -0.2) is 9.48 Å². The second-order valence-corrected chi connectivity index (χ2v) is 5.96. The fourth-order valence-corrected chi connectivity index (χ4v) is 1.70. The van der Waals surface area contributed by atoms with Crippen LogP contribution >= 0.6 is 0 Å². The van der Waals surface area contributed by atoms with Crippen molar-refractivity contribution in [3.8, 4) is 11.4 Å². The van der Waals surface area contributed by atoms with Gasteiger partial charge in [0.15, 0.2) is 5.75 Å². The molecule has 0 atom stereocenters. The maximum absolute atomic E-state index is 11.3. The zero-order valence-corrected chi connectivity index (χ0v) is 12.4. The minimum Gasteiger partial charge on any atom is -0.489 e. The minimum atomic E-state index is -1.11. The van der Waals surface area contributed by atoms with E-state index in [1.54, 1.807) is 30.7 Å². The van der Waals surface area contributed by atoms with Crippen LogP contribution in [0.4, 0.5) is 0 Å². The Bertz CT molecular complexity index is 615. The molecule has 6 nitrogen and oxygen atoms in total. The van der Waals surface area contributed by atoms with Crippen LogP contribution in [0.1, 0.15) is 37.7 Å². The minimum absolute atomic E-state index is 0.0900.